The van der Waals surface area contributed by atoms with Crippen LogP contribution in [0.25, 0.3) is 0 Å². The molecule has 2 amide bonds. The number of alkyl carbamates (subject to hydrolysis) is 2. The van der Waals surface area contributed by atoms with Crippen LogP contribution in [0.4, 0.5) is 9.59 Å². The van der Waals surface area contributed by atoms with E-state index in [9.17, 15) is 9.59 Å². The Balaban J connectivity index is 2.69. The zero-order chi connectivity index (χ0) is 16.0. The lowest BCUT2D eigenvalue weighted by Gasteiger charge is -2.31. The van der Waals surface area contributed by atoms with Crippen LogP contribution in [-0.2, 0) is 9.47 Å². The minimum absolute atomic E-state index is 0.0130. The van der Waals surface area contributed by atoms with Crippen LogP contribution in [0.5, 0.6) is 0 Å². The van der Waals surface area contributed by atoms with Crippen LogP contribution in [-0.4, -0.2) is 38.0 Å². The number of hydrogen-bond donors (Lipinski definition) is 2. The molecule has 1 rings (SSSR count). The van der Waals surface area contributed by atoms with Crippen LogP contribution in [0.2, 0.25) is 0 Å². The zero-order valence-electron chi connectivity index (χ0n) is 13.7. The van der Waals surface area contributed by atoms with Gasteiger partial charge in [0, 0.05) is 18.5 Å². The van der Waals surface area contributed by atoms with Gasteiger partial charge in [0.2, 0.25) is 0 Å². The van der Waals surface area contributed by atoms with E-state index in [1.807, 2.05) is 0 Å². The number of carbonyl (C=O) groups excluding carboxylic acids is 2. The van der Waals surface area contributed by atoms with E-state index in [1.54, 1.807) is 13.8 Å². The standard InChI is InChI=1S/C15H28N2O4/c1-6-20-13(18)16-9-11-12(17-14(19)21-7-2)10(3)8-15(11,4)5/h10-12H,6-9H2,1-5H3,(H,16,18)(H,17,19). The van der Waals surface area contributed by atoms with Crippen molar-refractivity contribution in [1.82, 2.24) is 10.6 Å². The Morgan fingerprint density at radius 1 is 1.14 bits per heavy atom. The highest BCUT2D eigenvalue weighted by Crippen LogP contribution is 2.45. The molecule has 0 saturated heterocycles. The van der Waals surface area contributed by atoms with Crippen LogP contribution >= 0.6 is 0 Å². The van der Waals surface area contributed by atoms with Gasteiger partial charge in [0.1, 0.15) is 0 Å². The molecule has 122 valence electrons. The van der Waals surface area contributed by atoms with E-state index in [2.05, 4.69) is 31.4 Å². The van der Waals surface area contributed by atoms with Gasteiger partial charge in [-0.15, -0.1) is 0 Å². The molecule has 6 nitrogen and oxygen atoms in total. The number of hydrogen-bond acceptors (Lipinski definition) is 4. The summed E-state index contributed by atoms with van der Waals surface area (Å²) < 4.78 is 9.86. The van der Waals surface area contributed by atoms with Crippen LogP contribution in [0.1, 0.15) is 41.0 Å². The lowest BCUT2D eigenvalue weighted by atomic mass is 9.80. The first-order chi connectivity index (χ1) is 9.81. The Labute approximate surface area is 126 Å². The highest BCUT2D eigenvalue weighted by atomic mass is 16.6. The van der Waals surface area contributed by atoms with Crippen LogP contribution in [0, 0.1) is 17.3 Å². The van der Waals surface area contributed by atoms with Crippen molar-refractivity contribution in [2.75, 3.05) is 19.8 Å². The van der Waals surface area contributed by atoms with Crippen molar-refractivity contribution in [1.29, 1.82) is 0 Å². The second kappa shape index (κ2) is 7.52. The van der Waals surface area contributed by atoms with Crippen LogP contribution in [0.3, 0.4) is 0 Å². The minimum Gasteiger partial charge on any atom is -0.450 e. The quantitative estimate of drug-likeness (QED) is 0.818. The van der Waals surface area contributed by atoms with Crippen molar-refractivity contribution in [2.24, 2.45) is 17.3 Å². The predicted molar refractivity (Wildman–Crippen MR) is 80.0 cm³/mol. The molecule has 3 atom stereocenters. The SMILES string of the molecule is CCOC(=O)NCC1C(NC(=O)OCC)C(C)CC1(C)C. The molecule has 6 heteroatoms. The maximum absolute atomic E-state index is 11.7. The molecular formula is C15H28N2O4. The van der Waals surface area contributed by atoms with E-state index < -0.39 is 12.2 Å². The smallest absolute Gasteiger partial charge is 0.407 e. The van der Waals surface area contributed by atoms with Gasteiger partial charge < -0.3 is 20.1 Å². The van der Waals surface area contributed by atoms with Gasteiger partial charge in [-0.1, -0.05) is 20.8 Å². The summed E-state index contributed by atoms with van der Waals surface area (Å²) in [5.41, 5.74) is 0.0308. The molecule has 1 aliphatic carbocycles. The van der Waals surface area contributed by atoms with Gasteiger partial charge in [0.05, 0.1) is 13.2 Å². The molecule has 21 heavy (non-hydrogen) atoms. The molecule has 0 heterocycles. The normalized spacial score (nSPS) is 27.0. The summed E-state index contributed by atoms with van der Waals surface area (Å²) in [6, 6.07) is -0.0130. The predicted octanol–water partition coefficient (Wildman–Crippen LogP) is 2.53. The number of nitrogens with one attached hydrogen (secondary N) is 2. The highest BCUT2D eigenvalue weighted by molar-refractivity contribution is 5.68. The first-order valence-electron chi connectivity index (χ1n) is 7.65. The Kier molecular flexibility index (Phi) is 6.30. The second-order valence-electron chi connectivity index (χ2n) is 6.27. The summed E-state index contributed by atoms with van der Waals surface area (Å²) in [6.07, 6.45) is 0.176. The molecule has 2 N–H and O–H groups in total. The maximum Gasteiger partial charge on any atom is 0.407 e. The van der Waals surface area contributed by atoms with E-state index in [-0.39, 0.29) is 17.4 Å². The van der Waals surface area contributed by atoms with Gasteiger partial charge in [-0.3, -0.25) is 0 Å². The minimum atomic E-state index is -0.414. The Morgan fingerprint density at radius 2 is 1.71 bits per heavy atom. The van der Waals surface area contributed by atoms with E-state index in [1.165, 1.54) is 0 Å². The first kappa shape index (κ1) is 17.6. The molecule has 0 aromatic rings. The molecule has 0 aromatic carbocycles. The maximum atomic E-state index is 11.7. The van der Waals surface area contributed by atoms with Gasteiger partial charge in [-0.2, -0.15) is 0 Å². The Bertz CT molecular complexity index is 371. The molecule has 0 bridgehead atoms. The third kappa shape index (κ3) is 4.79. The lowest BCUT2D eigenvalue weighted by Crippen LogP contribution is -2.47. The lowest BCUT2D eigenvalue weighted by molar-refractivity contribution is 0.133. The third-order valence-electron chi connectivity index (χ3n) is 4.20. The van der Waals surface area contributed by atoms with E-state index >= 15 is 0 Å². The number of amides is 2. The Morgan fingerprint density at radius 3 is 2.29 bits per heavy atom. The average molecular weight is 300 g/mol. The monoisotopic (exact) mass is 300 g/mol. The summed E-state index contributed by atoms with van der Waals surface area (Å²) in [5.74, 6) is 0.472. The summed E-state index contributed by atoms with van der Waals surface area (Å²) in [6.45, 7) is 11.2. The molecule has 0 spiro atoms. The largest absolute Gasteiger partial charge is 0.450 e. The molecule has 3 unspecified atom stereocenters. The summed E-state index contributed by atoms with van der Waals surface area (Å²) >= 11 is 0. The van der Waals surface area contributed by atoms with Gasteiger partial charge in [0.25, 0.3) is 0 Å². The number of carbonyl (C=O) groups is 2. The van der Waals surface area contributed by atoms with Gasteiger partial charge in [-0.25, -0.2) is 9.59 Å². The Hall–Kier alpha value is -1.46. The first-order valence-corrected chi connectivity index (χ1v) is 7.65. The molecule has 0 radical (unpaired) electrons. The molecule has 1 aliphatic rings. The average Bonchev–Trinajstić information content (AvgIpc) is 2.57. The van der Waals surface area contributed by atoms with E-state index in [0.29, 0.717) is 25.7 Å². The molecule has 1 fully saturated rings. The van der Waals surface area contributed by atoms with Crippen molar-refractivity contribution in [3.63, 3.8) is 0 Å². The van der Waals surface area contributed by atoms with Crippen molar-refractivity contribution in [3.8, 4) is 0 Å². The van der Waals surface area contributed by atoms with Gasteiger partial charge in [-0.05, 0) is 31.6 Å². The zero-order valence-corrected chi connectivity index (χ0v) is 13.7. The van der Waals surface area contributed by atoms with Crippen molar-refractivity contribution in [3.05, 3.63) is 0 Å². The van der Waals surface area contributed by atoms with Crippen molar-refractivity contribution in [2.45, 2.75) is 47.1 Å². The van der Waals surface area contributed by atoms with E-state index in [0.717, 1.165) is 6.42 Å². The molecule has 0 aromatic heterocycles. The van der Waals surface area contributed by atoms with Crippen LogP contribution < -0.4 is 10.6 Å². The molecular weight excluding hydrogens is 272 g/mol. The van der Waals surface area contributed by atoms with E-state index in [4.69, 9.17) is 9.47 Å². The van der Waals surface area contributed by atoms with Gasteiger partial charge >= 0.3 is 12.2 Å². The third-order valence-corrected chi connectivity index (χ3v) is 4.20. The topological polar surface area (TPSA) is 76.7 Å². The number of rotatable bonds is 5. The van der Waals surface area contributed by atoms with Crippen molar-refractivity contribution < 1.29 is 19.1 Å². The number of ether oxygens (including phenoxy) is 2. The molecule has 1 saturated carbocycles. The van der Waals surface area contributed by atoms with Crippen molar-refractivity contribution >= 4 is 12.2 Å². The fraction of sp³-hybridized carbons (Fsp3) is 0.867. The second-order valence-corrected chi connectivity index (χ2v) is 6.27. The summed E-state index contributed by atoms with van der Waals surface area (Å²) in [4.78, 5) is 23.2. The fourth-order valence-electron chi connectivity index (χ4n) is 3.32. The van der Waals surface area contributed by atoms with Gasteiger partial charge in [0.15, 0.2) is 0 Å². The summed E-state index contributed by atoms with van der Waals surface area (Å²) in [5, 5.41) is 5.72. The summed E-state index contributed by atoms with van der Waals surface area (Å²) in [7, 11) is 0. The fourth-order valence-corrected chi connectivity index (χ4v) is 3.32. The highest BCUT2D eigenvalue weighted by Gasteiger charge is 2.47. The van der Waals surface area contributed by atoms with Crippen LogP contribution in [0.15, 0.2) is 0 Å². The molecule has 0 aliphatic heterocycles.